The summed E-state index contributed by atoms with van der Waals surface area (Å²) < 4.78 is 12.6. The van der Waals surface area contributed by atoms with E-state index in [0.717, 1.165) is 11.5 Å². The third-order valence-corrected chi connectivity index (χ3v) is 7.88. The SMILES string of the molecule is Cc1cccc([O][Sn]([CH3])([CH3])[O]c2cccc(C)c2C)c1C. The first kappa shape index (κ1) is 16.2. The second-order valence-electron chi connectivity index (χ2n) is 6.00. The van der Waals surface area contributed by atoms with Crippen LogP contribution < -0.4 is 6.15 Å². The van der Waals surface area contributed by atoms with E-state index in [2.05, 4.69) is 49.7 Å². The second-order valence-corrected chi connectivity index (χ2v) is 15.2. The van der Waals surface area contributed by atoms with E-state index in [1.807, 2.05) is 24.3 Å². The number of hydrogen-bond acceptors (Lipinski definition) is 2. The van der Waals surface area contributed by atoms with Crippen molar-refractivity contribution >= 4 is 19.2 Å². The Morgan fingerprint density at radius 3 is 1.43 bits per heavy atom. The van der Waals surface area contributed by atoms with Gasteiger partial charge in [0.1, 0.15) is 0 Å². The first-order valence-electron chi connectivity index (χ1n) is 7.30. The maximum absolute atomic E-state index is 6.30. The molecule has 0 heterocycles. The minimum atomic E-state index is -3.10. The Balaban J connectivity index is 2.22. The van der Waals surface area contributed by atoms with Crippen LogP contribution in [0.25, 0.3) is 0 Å². The molecule has 2 rings (SSSR count). The van der Waals surface area contributed by atoms with Crippen molar-refractivity contribution < 1.29 is 6.15 Å². The Bertz CT molecular complexity index is 592. The molecule has 2 nitrogen and oxygen atoms in total. The maximum atomic E-state index is 6.30. The van der Waals surface area contributed by atoms with Crippen molar-refractivity contribution in [3.63, 3.8) is 0 Å². The zero-order valence-corrected chi connectivity index (χ0v) is 16.6. The normalized spacial score (nSPS) is 11.3. The van der Waals surface area contributed by atoms with Gasteiger partial charge in [0.2, 0.25) is 0 Å². The third kappa shape index (κ3) is 3.94. The summed E-state index contributed by atoms with van der Waals surface area (Å²) in [7, 11) is 0. The van der Waals surface area contributed by atoms with Crippen molar-refractivity contribution in [2.75, 3.05) is 0 Å². The van der Waals surface area contributed by atoms with Gasteiger partial charge >= 0.3 is 133 Å². The van der Waals surface area contributed by atoms with Crippen molar-refractivity contribution in [2.24, 2.45) is 0 Å². The Morgan fingerprint density at radius 2 is 1.05 bits per heavy atom. The molecule has 2 aromatic rings. The summed E-state index contributed by atoms with van der Waals surface area (Å²) >= 11 is -3.10. The van der Waals surface area contributed by atoms with Gasteiger partial charge in [0.05, 0.1) is 0 Å². The second kappa shape index (κ2) is 6.30. The molecule has 3 heteroatoms. The van der Waals surface area contributed by atoms with E-state index in [9.17, 15) is 0 Å². The zero-order valence-electron chi connectivity index (χ0n) is 13.8. The van der Waals surface area contributed by atoms with Gasteiger partial charge in [-0.25, -0.2) is 0 Å². The summed E-state index contributed by atoms with van der Waals surface area (Å²) in [5, 5.41) is 0. The van der Waals surface area contributed by atoms with Crippen LogP contribution in [-0.2, 0) is 0 Å². The standard InChI is InChI=1S/2C8H10O.2CH3.Sn/c2*1-6-4-3-5-8(9)7(6)2;;;/h2*3-5,9H,1-2H3;2*1H3;/q;;;;+2/p-2. The van der Waals surface area contributed by atoms with E-state index in [1.54, 1.807) is 0 Å². The molecule has 0 fully saturated rings. The molecule has 0 aliphatic rings. The van der Waals surface area contributed by atoms with Crippen LogP contribution in [0.4, 0.5) is 0 Å². The molecule has 0 bridgehead atoms. The molecule has 0 amide bonds. The van der Waals surface area contributed by atoms with Crippen LogP contribution in [-0.4, -0.2) is 19.2 Å². The molecule has 0 saturated carbocycles. The first-order valence-corrected chi connectivity index (χ1v) is 15.3. The van der Waals surface area contributed by atoms with E-state index >= 15 is 0 Å². The van der Waals surface area contributed by atoms with Crippen molar-refractivity contribution in [3.8, 4) is 11.5 Å². The van der Waals surface area contributed by atoms with E-state index in [0.29, 0.717) is 0 Å². The van der Waals surface area contributed by atoms with Crippen LogP contribution in [0.5, 0.6) is 11.5 Å². The summed E-state index contributed by atoms with van der Waals surface area (Å²) in [6.07, 6.45) is 0. The zero-order chi connectivity index (χ0) is 15.6. The molecule has 0 radical (unpaired) electrons. The molecule has 0 atom stereocenters. The fourth-order valence-electron chi connectivity index (χ4n) is 2.22. The molecule has 21 heavy (non-hydrogen) atoms. The quantitative estimate of drug-likeness (QED) is 0.677. The van der Waals surface area contributed by atoms with Crippen LogP contribution in [0.3, 0.4) is 0 Å². The van der Waals surface area contributed by atoms with Crippen molar-refractivity contribution in [1.82, 2.24) is 0 Å². The first-order chi connectivity index (χ1) is 9.80. The van der Waals surface area contributed by atoms with Gasteiger partial charge in [-0.1, -0.05) is 0 Å². The van der Waals surface area contributed by atoms with Crippen LogP contribution in [0.1, 0.15) is 22.3 Å². The number of aryl methyl sites for hydroxylation is 2. The Kier molecular flexibility index (Phi) is 4.87. The van der Waals surface area contributed by atoms with Gasteiger partial charge in [-0.05, 0) is 0 Å². The van der Waals surface area contributed by atoms with Crippen molar-refractivity contribution in [1.29, 1.82) is 0 Å². The molecule has 0 unspecified atom stereocenters. The summed E-state index contributed by atoms with van der Waals surface area (Å²) in [4.78, 5) is 4.30. The molecule has 0 N–H and O–H groups in total. The van der Waals surface area contributed by atoms with Gasteiger partial charge in [0, 0.05) is 0 Å². The summed E-state index contributed by atoms with van der Waals surface area (Å²) in [5.41, 5.74) is 4.90. The van der Waals surface area contributed by atoms with Gasteiger partial charge in [0.25, 0.3) is 0 Å². The molecular formula is C18H24O2Sn. The molecular weight excluding hydrogens is 367 g/mol. The van der Waals surface area contributed by atoms with Gasteiger partial charge in [-0.3, -0.25) is 0 Å². The average Bonchev–Trinajstić information content (AvgIpc) is 2.40. The number of rotatable bonds is 4. The monoisotopic (exact) mass is 392 g/mol. The van der Waals surface area contributed by atoms with Gasteiger partial charge in [-0.2, -0.15) is 0 Å². The predicted molar refractivity (Wildman–Crippen MR) is 90.6 cm³/mol. The Hall–Kier alpha value is -1.16. The number of benzene rings is 2. The molecule has 0 spiro atoms. The summed E-state index contributed by atoms with van der Waals surface area (Å²) in [5.74, 6) is 1.92. The molecule has 2 aromatic carbocycles. The van der Waals surface area contributed by atoms with Crippen LogP contribution in [0.15, 0.2) is 36.4 Å². The fourth-order valence-corrected chi connectivity index (χ4v) is 6.62. The van der Waals surface area contributed by atoms with Crippen LogP contribution in [0.2, 0.25) is 9.88 Å². The third-order valence-electron chi connectivity index (χ3n) is 3.82. The van der Waals surface area contributed by atoms with Crippen molar-refractivity contribution in [3.05, 3.63) is 58.7 Å². The topological polar surface area (TPSA) is 18.5 Å². The van der Waals surface area contributed by atoms with E-state index in [1.165, 1.54) is 22.3 Å². The molecule has 0 saturated heterocycles. The van der Waals surface area contributed by atoms with E-state index in [-0.39, 0.29) is 0 Å². The predicted octanol–water partition coefficient (Wildman–Crippen LogP) is 5.08. The summed E-state index contributed by atoms with van der Waals surface area (Å²) in [6.45, 7) is 8.42. The fraction of sp³-hybridized carbons (Fsp3) is 0.333. The van der Waals surface area contributed by atoms with Gasteiger partial charge in [0.15, 0.2) is 0 Å². The molecule has 0 aliphatic carbocycles. The Labute approximate surface area is 133 Å². The van der Waals surface area contributed by atoms with E-state index in [4.69, 9.17) is 6.15 Å². The molecule has 0 aromatic heterocycles. The minimum absolute atomic E-state index is 0.959. The van der Waals surface area contributed by atoms with Crippen molar-refractivity contribution in [2.45, 2.75) is 37.6 Å². The van der Waals surface area contributed by atoms with Crippen LogP contribution >= 0.6 is 0 Å². The van der Waals surface area contributed by atoms with Gasteiger partial charge < -0.3 is 0 Å². The molecule has 0 aliphatic heterocycles. The summed E-state index contributed by atoms with van der Waals surface area (Å²) in [6, 6.07) is 12.4. The number of hydrogen-bond donors (Lipinski definition) is 0. The molecule has 112 valence electrons. The Morgan fingerprint density at radius 1 is 0.667 bits per heavy atom. The average molecular weight is 391 g/mol. The van der Waals surface area contributed by atoms with Crippen LogP contribution in [0, 0.1) is 27.7 Å². The van der Waals surface area contributed by atoms with Gasteiger partial charge in [-0.15, -0.1) is 0 Å². The van der Waals surface area contributed by atoms with E-state index < -0.39 is 19.2 Å².